The number of halogens is 1. The Kier molecular flexibility index (Phi) is 4.72. The summed E-state index contributed by atoms with van der Waals surface area (Å²) in [5.41, 5.74) is 5.66. The van der Waals surface area contributed by atoms with E-state index in [9.17, 15) is 9.59 Å². The average Bonchev–Trinajstić information content (AvgIpc) is 2.46. The minimum atomic E-state index is -1.06. The van der Waals surface area contributed by atoms with Crippen molar-refractivity contribution < 1.29 is 19.1 Å². The minimum Gasteiger partial charge on any atom is -0.490 e. The number of Topliss-reactive ketones (excluding diaryl/α,β-unsaturated/α-hetero) is 1. The SMILES string of the molecule is COCCOc1cc2nccc(Cl)c2cc1C(=O)C(N)=O. The number of nitrogens with two attached hydrogens (primary N) is 1. The summed E-state index contributed by atoms with van der Waals surface area (Å²) >= 11 is 6.06. The van der Waals surface area contributed by atoms with Crippen molar-refractivity contribution in [3.63, 3.8) is 0 Å². The number of hydrogen-bond acceptors (Lipinski definition) is 5. The van der Waals surface area contributed by atoms with Gasteiger partial charge in [0, 0.05) is 24.8 Å². The lowest BCUT2D eigenvalue weighted by Gasteiger charge is -2.11. The van der Waals surface area contributed by atoms with E-state index >= 15 is 0 Å². The highest BCUT2D eigenvalue weighted by Gasteiger charge is 2.20. The molecule has 0 bridgehead atoms. The Morgan fingerprint density at radius 2 is 2.10 bits per heavy atom. The van der Waals surface area contributed by atoms with Crippen LogP contribution in [0.4, 0.5) is 0 Å². The van der Waals surface area contributed by atoms with E-state index in [1.807, 2.05) is 0 Å². The second kappa shape index (κ2) is 6.51. The van der Waals surface area contributed by atoms with Crippen molar-refractivity contribution in [2.75, 3.05) is 20.3 Å². The molecular weight excluding hydrogens is 296 g/mol. The molecule has 2 aromatic rings. The molecular formula is C14H13ClN2O4. The van der Waals surface area contributed by atoms with Crippen molar-refractivity contribution in [1.82, 2.24) is 4.98 Å². The van der Waals surface area contributed by atoms with Crippen LogP contribution in [0.3, 0.4) is 0 Å². The first-order valence-electron chi connectivity index (χ1n) is 6.08. The number of carbonyl (C=O) groups is 2. The molecule has 1 amide bonds. The van der Waals surface area contributed by atoms with Gasteiger partial charge in [0.1, 0.15) is 12.4 Å². The van der Waals surface area contributed by atoms with Gasteiger partial charge < -0.3 is 15.2 Å². The molecule has 0 unspecified atom stereocenters. The van der Waals surface area contributed by atoms with Gasteiger partial charge in [0.05, 0.1) is 22.7 Å². The molecule has 2 N–H and O–H groups in total. The van der Waals surface area contributed by atoms with Crippen LogP contribution >= 0.6 is 11.6 Å². The number of methoxy groups -OCH3 is 1. The molecule has 1 aromatic carbocycles. The van der Waals surface area contributed by atoms with Gasteiger partial charge in [0.25, 0.3) is 11.7 Å². The van der Waals surface area contributed by atoms with Crippen LogP contribution in [0.1, 0.15) is 10.4 Å². The lowest BCUT2D eigenvalue weighted by atomic mass is 10.1. The Bertz CT molecular complexity index is 703. The van der Waals surface area contributed by atoms with E-state index in [1.165, 1.54) is 13.2 Å². The molecule has 6 nitrogen and oxygen atoms in total. The molecule has 0 saturated heterocycles. The molecule has 0 aliphatic carbocycles. The predicted octanol–water partition coefficient (Wildman–Crippen LogP) is 1.58. The number of benzene rings is 1. The average molecular weight is 309 g/mol. The summed E-state index contributed by atoms with van der Waals surface area (Å²) in [7, 11) is 1.53. The van der Waals surface area contributed by atoms with Gasteiger partial charge in [0.15, 0.2) is 0 Å². The van der Waals surface area contributed by atoms with Crippen LogP contribution in [0, 0.1) is 0 Å². The molecule has 110 valence electrons. The van der Waals surface area contributed by atoms with E-state index in [2.05, 4.69) is 4.98 Å². The molecule has 7 heteroatoms. The molecule has 0 saturated carbocycles. The van der Waals surface area contributed by atoms with Crippen LogP contribution in [0.25, 0.3) is 10.9 Å². The summed E-state index contributed by atoms with van der Waals surface area (Å²) < 4.78 is 10.3. The summed E-state index contributed by atoms with van der Waals surface area (Å²) in [4.78, 5) is 27.2. The Morgan fingerprint density at radius 3 is 2.76 bits per heavy atom. The summed E-state index contributed by atoms with van der Waals surface area (Å²) in [6.07, 6.45) is 1.54. The molecule has 2 rings (SSSR count). The quantitative estimate of drug-likeness (QED) is 0.497. The minimum absolute atomic E-state index is 0.0565. The third-order valence-electron chi connectivity index (χ3n) is 2.80. The van der Waals surface area contributed by atoms with Gasteiger partial charge >= 0.3 is 0 Å². The number of amides is 1. The summed E-state index contributed by atoms with van der Waals surface area (Å²) in [6, 6.07) is 4.60. The number of pyridine rings is 1. The first-order chi connectivity index (χ1) is 10.0. The Hall–Kier alpha value is -2.18. The number of fused-ring (bicyclic) bond motifs is 1. The normalized spacial score (nSPS) is 10.6. The fourth-order valence-corrected chi connectivity index (χ4v) is 2.01. The number of nitrogens with zero attached hydrogens (tertiary/aromatic N) is 1. The van der Waals surface area contributed by atoms with Crippen molar-refractivity contribution in [1.29, 1.82) is 0 Å². The zero-order valence-electron chi connectivity index (χ0n) is 11.3. The summed E-state index contributed by atoms with van der Waals surface area (Å²) in [5, 5.41) is 0.963. The largest absolute Gasteiger partial charge is 0.490 e. The zero-order valence-corrected chi connectivity index (χ0v) is 12.0. The summed E-state index contributed by atoms with van der Waals surface area (Å²) in [6.45, 7) is 0.562. The van der Waals surface area contributed by atoms with E-state index in [0.29, 0.717) is 22.5 Å². The highest BCUT2D eigenvalue weighted by atomic mass is 35.5. The highest BCUT2D eigenvalue weighted by molar-refractivity contribution is 6.43. The number of rotatable bonds is 6. The van der Waals surface area contributed by atoms with Crippen LogP contribution in [0.5, 0.6) is 5.75 Å². The molecule has 0 spiro atoms. The smallest absolute Gasteiger partial charge is 0.289 e. The molecule has 1 aromatic heterocycles. The molecule has 21 heavy (non-hydrogen) atoms. The van der Waals surface area contributed by atoms with Crippen molar-refractivity contribution >= 4 is 34.2 Å². The Morgan fingerprint density at radius 1 is 1.33 bits per heavy atom. The Balaban J connectivity index is 2.54. The first kappa shape index (κ1) is 15.2. The number of hydrogen-bond donors (Lipinski definition) is 1. The number of ether oxygens (including phenoxy) is 2. The van der Waals surface area contributed by atoms with Gasteiger partial charge in [-0.1, -0.05) is 11.6 Å². The molecule has 0 radical (unpaired) electrons. The van der Waals surface area contributed by atoms with E-state index in [0.717, 1.165) is 0 Å². The topological polar surface area (TPSA) is 91.5 Å². The Labute approximate surface area is 125 Å². The van der Waals surface area contributed by atoms with E-state index in [-0.39, 0.29) is 17.9 Å². The second-order valence-electron chi connectivity index (χ2n) is 4.19. The zero-order chi connectivity index (χ0) is 15.4. The number of carbonyl (C=O) groups excluding carboxylic acids is 2. The summed E-state index contributed by atoms with van der Waals surface area (Å²) in [5.74, 6) is -1.69. The molecule has 0 aliphatic heterocycles. The van der Waals surface area contributed by atoms with E-state index in [1.54, 1.807) is 18.3 Å². The predicted molar refractivity (Wildman–Crippen MR) is 77.6 cm³/mol. The lowest BCUT2D eigenvalue weighted by Crippen LogP contribution is -2.24. The van der Waals surface area contributed by atoms with Crippen molar-refractivity contribution in [2.45, 2.75) is 0 Å². The fourth-order valence-electron chi connectivity index (χ4n) is 1.80. The van der Waals surface area contributed by atoms with Crippen molar-refractivity contribution in [3.05, 3.63) is 35.0 Å². The van der Waals surface area contributed by atoms with E-state index in [4.69, 9.17) is 26.8 Å². The number of aromatic nitrogens is 1. The van der Waals surface area contributed by atoms with Gasteiger partial charge in [-0.05, 0) is 12.1 Å². The van der Waals surface area contributed by atoms with Crippen LogP contribution in [-0.2, 0) is 9.53 Å². The molecule has 1 heterocycles. The first-order valence-corrected chi connectivity index (χ1v) is 6.46. The third-order valence-corrected chi connectivity index (χ3v) is 3.13. The van der Waals surface area contributed by atoms with E-state index < -0.39 is 11.7 Å². The third kappa shape index (κ3) is 3.29. The van der Waals surface area contributed by atoms with Gasteiger partial charge in [-0.15, -0.1) is 0 Å². The maximum Gasteiger partial charge on any atom is 0.289 e. The van der Waals surface area contributed by atoms with Gasteiger partial charge in [-0.25, -0.2) is 0 Å². The van der Waals surface area contributed by atoms with Crippen molar-refractivity contribution in [2.24, 2.45) is 5.73 Å². The van der Waals surface area contributed by atoms with Crippen LogP contribution in [-0.4, -0.2) is 37.0 Å². The molecule has 0 aliphatic rings. The second-order valence-corrected chi connectivity index (χ2v) is 4.60. The fraction of sp³-hybridized carbons (Fsp3) is 0.214. The van der Waals surface area contributed by atoms with Gasteiger partial charge in [-0.2, -0.15) is 0 Å². The van der Waals surface area contributed by atoms with Crippen LogP contribution < -0.4 is 10.5 Å². The van der Waals surface area contributed by atoms with Gasteiger partial charge in [-0.3, -0.25) is 14.6 Å². The number of primary amides is 1. The highest BCUT2D eigenvalue weighted by Crippen LogP contribution is 2.29. The monoisotopic (exact) mass is 308 g/mol. The lowest BCUT2D eigenvalue weighted by molar-refractivity contribution is -0.114. The molecule has 0 atom stereocenters. The van der Waals surface area contributed by atoms with Gasteiger partial charge in [0.2, 0.25) is 0 Å². The maximum absolute atomic E-state index is 11.9. The number of ketones is 1. The standard InChI is InChI=1S/C14H13ClN2O4/c1-20-4-5-21-12-7-11-8(10(15)2-3-17-11)6-9(12)13(18)14(16)19/h2-3,6-7H,4-5H2,1H3,(H2,16,19). The van der Waals surface area contributed by atoms with Crippen molar-refractivity contribution in [3.8, 4) is 5.75 Å². The van der Waals surface area contributed by atoms with Crippen LogP contribution in [0.15, 0.2) is 24.4 Å². The maximum atomic E-state index is 11.9. The molecule has 0 fully saturated rings. The van der Waals surface area contributed by atoms with Crippen LogP contribution in [0.2, 0.25) is 5.02 Å².